The van der Waals surface area contributed by atoms with Gasteiger partial charge in [0.25, 0.3) is 0 Å². The predicted molar refractivity (Wildman–Crippen MR) is 148 cm³/mol. The Morgan fingerprint density at radius 1 is 0.921 bits per heavy atom. The molecule has 0 radical (unpaired) electrons. The molecule has 0 aliphatic carbocycles. The lowest BCUT2D eigenvalue weighted by Crippen LogP contribution is -2.46. The third-order valence-electron chi connectivity index (χ3n) is 6.04. The van der Waals surface area contributed by atoms with Gasteiger partial charge in [0.1, 0.15) is 6.54 Å². The van der Waals surface area contributed by atoms with Gasteiger partial charge in [0, 0.05) is 30.0 Å². The molecule has 0 aliphatic heterocycles. The van der Waals surface area contributed by atoms with Crippen molar-refractivity contribution in [2.75, 3.05) is 35.3 Å². The lowest BCUT2D eigenvalue weighted by atomic mass is 10.1. The van der Waals surface area contributed by atoms with E-state index in [4.69, 9.17) is 0 Å². The zero-order chi connectivity index (χ0) is 27.1. The van der Waals surface area contributed by atoms with E-state index < -0.39 is 18.0 Å². The van der Waals surface area contributed by atoms with Gasteiger partial charge in [-0.25, -0.2) is 4.79 Å². The maximum absolute atomic E-state index is 13.4. The van der Waals surface area contributed by atoms with E-state index in [0.29, 0.717) is 28.1 Å². The Kier molecular flexibility index (Phi) is 8.30. The number of carbonyl (C=O) groups is 3. The van der Waals surface area contributed by atoms with E-state index in [-0.39, 0.29) is 19.0 Å². The number of likely N-dealkylation sites (N-methyl/N-ethyl adjacent to an activating group) is 1. The number of nitrogens with zero attached hydrogens (tertiary/aromatic N) is 3. The summed E-state index contributed by atoms with van der Waals surface area (Å²) in [6, 6.07) is 24.4. The number of anilines is 3. The summed E-state index contributed by atoms with van der Waals surface area (Å²) >= 11 is 0. The average Bonchev–Trinajstić information content (AvgIpc) is 2.94. The van der Waals surface area contributed by atoms with E-state index in [2.05, 4.69) is 15.6 Å². The first-order chi connectivity index (χ1) is 18.3. The molecule has 0 aliphatic rings. The maximum atomic E-state index is 13.4. The molecule has 9 nitrogen and oxygen atoms in total. The molecule has 1 aromatic heterocycles. The zero-order valence-electron chi connectivity index (χ0n) is 21.2. The molecule has 38 heavy (non-hydrogen) atoms. The van der Waals surface area contributed by atoms with Crippen molar-refractivity contribution in [1.29, 1.82) is 0 Å². The number of hydrogen-bond acceptors (Lipinski definition) is 5. The molecule has 0 spiro atoms. The molecule has 0 bridgehead atoms. The highest BCUT2D eigenvalue weighted by molar-refractivity contribution is 6.09. The van der Waals surface area contributed by atoms with Gasteiger partial charge in [-0.1, -0.05) is 48.5 Å². The fourth-order valence-corrected chi connectivity index (χ4v) is 3.95. The number of rotatable bonds is 8. The number of aliphatic hydroxyl groups is 1. The Morgan fingerprint density at radius 2 is 1.66 bits per heavy atom. The molecule has 9 heteroatoms. The van der Waals surface area contributed by atoms with Crippen molar-refractivity contribution >= 4 is 45.8 Å². The molecular formula is C29H29N5O4. The maximum Gasteiger partial charge on any atom is 0.319 e. The second kappa shape index (κ2) is 12.0. The first kappa shape index (κ1) is 26.3. The number of nitrogens with one attached hydrogen (secondary N) is 2. The number of aromatic nitrogens is 1. The summed E-state index contributed by atoms with van der Waals surface area (Å²) < 4.78 is 0. The third kappa shape index (κ3) is 6.32. The number of urea groups is 1. The fourth-order valence-electron chi connectivity index (χ4n) is 3.95. The summed E-state index contributed by atoms with van der Waals surface area (Å²) in [5.74, 6) is -0.789. The van der Waals surface area contributed by atoms with Crippen LogP contribution in [0.1, 0.15) is 18.6 Å². The van der Waals surface area contributed by atoms with Crippen LogP contribution in [0.25, 0.3) is 10.9 Å². The summed E-state index contributed by atoms with van der Waals surface area (Å²) in [5.41, 5.74) is 2.85. The van der Waals surface area contributed by atoms with E-state index in [9.17, 15) is 19.5 Å². The highest BCUT2D eigenvalue weighted by atomic mass is 16.3. The van der Waals surface area contributed by atoms with Crippen LogP contribution >= 0.6 is 0 Å². The van der Waals surface area contributed by atoms with Crippen molar-refractivity contribution in [3.05, 3.63) is 96.7 Å². The average molecular weight is 512 g/mol. The number of amides is 4. The molecule has 4 rings (SSSR count). The van der Waals surface area contributed by atoms with Crippen LogP contribution in [0.15, 0.2) is 91.1 Å². The Bertz CT molecular complexity index is 1440. The minimum atomic E-state index is -0.684. The van der Waals surface area contributed by atoms with Gasteiger partial charge in [-0.2, -0.15) is 0 Å². The number of benzene rings is 3. The molecule has 0 saturated carbocycles. The van der Waals surface area contributed by atoms with Crippen LogP contribution in [0.5, 0.6) is 0 Å². The number of carbonyl (C=O) groups excluding carboxylic acids is 3. The van der Waals surface area contributed by atoms with Gasteiger partial charge in [-0.3, -0.25) is 19.5 Å². The summed E-state index contributed by atoms with van der Waals surface area (Å²) in [4.78, 5) is 46.4. The molecule has 3 N–H and O–H groups in total. The molecule has 3 aromatic carbocycles. The van der Waals surface area contributed by atoms with Crippen molar-refractivity contribution < 1.29 is 19.5 Å². The van der Waals surface area contributed by atoms with Gasteiger partial charge in [0.15, 0.2) is 0 Å². The van der Waals surface area contributed by atoms with Gasteiger partial charge in [0.2, 0.25) is 11.8 Å². The first-order valence-corrected chi connectivity index (χ1v) is 12.1. The van der Waals surface area contributed by atoms with Crippen molar-refractivity contribution in [3.63, 3.8) is 0 Å². The van der Waals surface area contributed by atoms with Crippen molar-refractivity contribution in [2.45, 2.75) is 13.0 Å². The quantitative estimate of drug-likeness (QED) is 0.329. The highest BCUT2D eigenvalue weighted by Gasteiger charge is 2.24. The SMILES string of the molecule is CC(O)c1cccc(NC(=O)NCC(=O)N(CC(=O)N(C)c2ccccc2)c2cccc3cccnc23)c1. The van der Waals surface area contributed by atoms with Gasteiger partial charge >= 0.3 is 6.03 Å². The highest BCUT2D eigenvalue weighted by Crippen LogP contribution is 2.25. The summed E-state index contributed by atoms with van der Waals surface area (Å²) in [6.45, 7) is 1.03. The van der Waals surface area contributed by atoms with Crippen LogP contribution in [-0.2, 0) is 9.59 Å². The van der Waals surface area contributed by atoms with Gasteiger partial charge in [0.05, 0.1) is 23.9 Å². The molecule has 194 valence electrons. The fraction of sp³-hybridized carbons (Fsp3) is 0.172. The topological polar surface area (TPSA) is 115 Å². The Balaban J connectivity index is 1.53. The summed E-state index contributed by atoms with van der Waals surface area (Å²) in [5, 5.41) is 15.8. The second-order valence-corrected chi connectivity index (χ2v) is 8.73. The minimum absolute atomic E-state index is 0.250. The lowest BCUT2D eigenvalue weighted by Gasteiger charge is -2.26. The summed E-state index contributed by atoms with van der Waals surface area (Å²) in [6.07, 6.45) is 0.940. The molecule has 0 saturated heterocycles. The van der Waals surface area contributed by atoms with Crippen LogP contribution < -0.4 is 20.4 Å². The third-order valence-corrected chi connectivity index (χ3v) is 6.04. The van der Waals surface area contributed by atoms with Crippen LogP contribution in [0.2, 0.25) is 0 Å². The number of pyridine rings is 1. The van der Waals surface area contributed by atoms with Crippen LogP contribution in [0, 0.1) is 0 Å². The van der Waals surface area contributed by atoms with Crippen molar-refractivity contribution in [3.8, 4) is 0 Å². The smallest absolute Gasteiger partial charge is 0.319 e. The predicted octanol–water partition coefficient (Wildman–Crippen LogP) is 4.11. The van der Waals surface area contributed by atoms with Crippen LogP contribution in [0.3, 0.4) is 0 Å². The monoisotopic (exact) mass is 511 g/mol. The van der Waals surface area contributed by atoms with Crippen molar-refractivity contribution in [1.82, 2.24) is 10.3 Å². The number of hydrogen-bond donors (Lipinski definition) is 3. The van der Waals surface area contributed by atoms with E-state index in [1.807, 2.05) is 42.5 Å². The van der Waals surface area contributed by atoms with E-state index in [0.717, 1.165) is 5.39 Å². The van der Waals surface area contributed by atoms with Crippen LogP contribution in [-0.4, -0.2) is 48.1 Å². The number of fused-ring (bicyclic) bond motifs is 1. The Hall–Kier alpha value is -4.76. The molecule has 1 unspecified atom stereocenters. The largest absolute Gasteiger partial charge is 0.389 e. The van der Waals surface area contributed by atoms with Crippen LogP contribution in [0.4, 0.5) is 21.9 Å². The molecule has 0 fully saturated rings. The summed E-state index contributed by atoms with van der Waals surface area (Å²) in [7, 11) is 1.65. The number of aliphatic hydroxyl groups excluding tert-OH is 1. The minimum Gasteiger partial charge on any atom is -0.389 e. The molecule has 1 heterocycles. The number of para-hydroxylation sites is 2. The lowest BCUT2D eigenvalue weighted by molar-refractivity contribution is -0.121. The van der Waals surface area contributed by atoms with E-state index >= 15 is 0 Å². The van der Waals surface area contributed by atoms with Gasteiger partial charge in [-0.05, 0) is 48.9 Å². The molecule has 1 atom stereocenters. The Labute approximate surface area is 220 Å². The normalized spacial score (nSPS) is 11.4. The molecule has 4 amide bonds. The van der Waals surface area contributed by atoms with E-state index in [1.165, 1.54) is 9.80 Å². The molecule has 4 aromatic rings. The van der Waals surface area contributed by atoms with Gasteiger partial charge < -0.3 is 20.6 Å². The van der Waals surface area contributed by atoms with E-state index in [1.54, 1.807) is 62.6 Å². The van der Waals surface area contributed by atoms with Gasteiger partial charge in [-0.15, -0.1) is 0 Å². The standard InChI is InChI=1S/C29H29N5O4/c1-20(35)22-10-6-12-23(17-22)32-29(38)31-18-26(36)34(19-27(37)33(2)24-13-4-3-5-14-24)25-15-7-9-21-11-8-16-30-28(21)25/h3-17,20,35H,18-19H2,1-2H3,(H2,31,32,38). The zero-order valence-corrected chi connectivity index (χ0v) is 21.2. The van der Waals surface area contributed by atoms with Crippen molar-refractivity contribution in [2.24, 2.45) is 0 Å². The second-order valence-electron chi connectivity index (χ2n) is 8.73. The first-order valence-electron chi connectivity index (χ1n) is 12.1. The molecular weight excluding hydrogens is 482 g/mol. The Morgan fingerprint density at radius 3 is 2.42 bits per heavy atom.